The molecule has 0 N–H and O–H groups in total. The van der Waals surface area contributed by atoms with Gasteiger partial charge in [-0.1, -0.05) is 11.8 Å². The van der Waals surface area contributed by atoms with Crippen LogP contribution in [0.3, 0.4) is 0 Å². The van der Waals surface area contributed by atoms with Crippen LogP contribution < -0.4 is 4.90 Å². The lowest BCUT2D eigenvalue weighted by molar-refractivity contribution is 0.714. The Kier molecular flexibility index (Phi) is 4.48. The molecule has 4 aromatic heterocycles. The van der Waals surface area contributed by atoms with Gasteiger partial charge in [-0.2, -0.15) is 25.1 Å². The molecule has 4 aromatic rings. The summed E-state index contributed by atoms with van der Waals surface area (Å²) in [4.78, 5) is 17.5. The zero-order valence-electron chi connectivity index (χ0n) is 17.3. The van der Waals surface area contributed by atoms with Gasteiger partial charge in [0.05, 0.1) is 16.4 Å². The molecule has 0 fully saturated rings. The Morgan fingerprint density at radius 3 is 1.97 bits per heavy atom. The van der Waals surface area contributed by atoms with Gasteiger partial charge in [0.1, 0.15) is 5.00 Å². The van der Waals surface area contributed by atoms with Crippen LogP contribution in [0.25, 0.3) is 18.0 Å². The Bertz CT molecular complexity index is 1230. The fourth-order valence-corrected chi connectivity index (χ4v) is 5.58. The average molecular weight is 437 g/mol. The third-order valence-corrected chi connectivity index (χ3v) is 7.01. The molecule has 0 saturated heterocycles. The molecule has 1 aliphatic heterocycles. The largest absolute Gasteiger partial charge is 0.330 e. The minimum Gasteiger partial charge on any atom is -0.330 e. The highest BCUT2D eigenvalue weighted by Crippen LogP contribution is 2.48. The van der Waals surface area contributed by atoms with Crippen molar-refractivity contribution in [3.05, 3.63) is 57.2 Å². The van der Waals surface area contributed by atoms with Crippen LogP contribution in [-0.4, -0.2) is 41.6 Å². The molecular weight excluding hydrogens is 416 g/mol. The van der Waals surface area contributed by atoms with Crippen molar-refractivity contribution in [2.24, 2.45) is 0 Å². The Morgan fingerprint density at radius 2 is 1.47 bits per heavy atom. The second kappa shape index (κ2) is 7.06. The second-order valence-electron chi connectivity index (χ2n) is 7.21. The fourth-order valence-electron chi connectivity index (χ4n) is 3.42. The summed E-state index contributed by atoms with van der Waals surface area (Å²) in [6.07, 6.45) is 1.99. The SMILES string of the molecule is Cc1cc(C)n(-c2nc(C=C3Sc4ccsc4N3C)nc(-n3nc(C)cc3C)n2)n1. The molecule has 0 amide bonds. The van der Waals surface area contributed by atoms with Gasteiger partial charge in [0.2, 0.25) is 0 Å². The number of hydrogen-bond donors (Lipinski definition) is 0. The van der Waals surface area contributed by atoms with Crippen LogP contribution in [0.1, 0.15) is 28.6 Å². The van der Waals surface area contributed by atoms with Crippen molar-refractivity contribution in [1.82, 2.24) is 34.5 Å². The zero-order valence-corrected chi connectivity index (χ0v) is 18.9. The van der Waals surface area contributed by atoms with Crippen LogP contribution in [0.4, 0.5) is 5.00 Å². The summed E-state index contributed by atoms with van der Waals surface area (Å²) in [6, 6.07) is 6.14. The van der Waals surface area contributed by atoms with Crippen molar-refractivity contribution in [3.63, 3.8) is 0 Å². The summed E-state index contributed by atoms with van der Waals surface area (Å²) in [5, 5.41) is 13.5. The van der Waals surface area contributed by atoms with E-state index in [0.717, 1.165) is 27.8 Å². The zero-order chi connectivity index (χ0) is 21.0. The average Bonchev–Trinajstić information content (AvgIpc) is 3.43. The van der Waals surface area contributed by atoms with Gasteiger partial charge >= 0.3 is 0 Å². The molecule has 0 radical (unpaired) electrons. The van der Waals surface area contributed by atoms with Crippen molar-refractivity contribution in [1.29, 1.82) is 0 Å². The molecule has 8 nitrogen and oxygen atoms in total. The van der Waals surface area contributed by atoms with E-state index in [-0.39, 0.29) is 0 Å². The normalized spacial score (nSPS) is 14.7. The molecular formula is C20H20N8S2. The standard InChI is InChI=1S/C20H20N8S2/c1-11-8-13(3)27(24-11)19-21-16(10-17-26(5)18-15(30-17)6-7-29-18)22-20(23-19)28-14(4)9-12(2)25-28/h6-10H,1-5H3. The molecule has 0 bridgehead atoms. The van der Waals surface area contributed by atoms with Crippen LogP contribution in [0.2, 0.25) is 0 Å². The van der Waals surface area contributed by atoms with E-state index in [1.54, 1.807) is 32.5 Å². The van der Waals surface area contributed by atoms with E-state index >= 15 is 0 Å². The first kappa shape index (κ1) is 19.0. The molecule has 0 aliphatic carbocycles. The van der Waals surface area contributed by atoms with E-state index < -0.39 is 0 Å². The molecule has 152 valence electrons. The first-order valence-electron chi connectivity index (χ1n) is 9.43. The number of anilines is 1. The molecule has 0 saturated carbocycles. The summed E-state index contributed by atoms with van der Waals surface area (Å²) < 4.78 is 3.49. The maximum atomic E-state index is 4.71. The fraction of sp³-hybridized carbons (Fsp3) is 0.250. The molecule has 5 heterocycles. The molecule has 0 aromatic carbocycles. The third-order valence-electron chi connectivity index (χ3n) is 4.74. The van der Waals surface area contributed by atoms with Gasteiger partial charge in [0, 0.05) is 29.4 Å². The lowest BCUT2D eigenvalue weighted by Gasteiger charge is -2.12. The minimum atomic E-state index is 0.477. The number of aryl methyl sites for hydroxylation is 4. The summed E-state index contributed by atoms with van der Waals surface area (Å²) in [5.74, 6) is 1.52. The Morgan fingerprint density at radius 1 is 0.867 bits per heavy atom. The Labute approximate surface area is 182 Å². The predicted octanol–water partition coefficient (Wildman–Crippen LogP) is 4.08. The second-order valence-corrected chi connectivity index (χ2v) is 9.16. The van der Waals surface area contributed by atoms with Crippen molar-refractivity contribution in [2.75, 3.05) is 11.9 Å². The van der Waals surface area contributed by atoms with Crippen molar-refractivity contribution in [2.45, 2.75) is 32.6 Å². The predicted molar refractivity (Wildman–Crippen MR) is 120 cm³/mol. The van der Waals surface area contributed by atoms with E-state index in [9.17, 15) is 0 Å². The first-order valence-corrected chi connectivity index (χ1v) is 11.1. The molecule has 5 rings (SSSR count). The van der Waals surface area contributed by atoms with Gasteiger partial charge in [-0.25, -0.2) is 9.36 Å². The number of aromatic nitrogens is 7. The monoisotopic (exact) mass is 436 g/mol. The van der Waals surface area contributed by atoms with E-state index in [2.05, 4.69) is 38.6 Å². The van der Waals surface area contributed by atoms with E-state index in [1.807, 2.05) is 45.9 Å². The van der Waals surface area contributed by atoms with Crippen LogP contribution in [0, 0.1) is 27.7 Å². The number of rotatable bonds is 3. The maximum Gasteiger partial charge on any atom is 0.256 e. The lowest BCUT2D eigenvalue weighted by atomic mass is 10.4. The number of thioether (sulfide) groups is 1. The number of fused-ring (bicyclic) bond motifs is 1. The first-order chi connectivity index (χ1) is 14.4. The van der Waals surface area contributed by atoms with Crippen LogP contribution >= 0.6 is 23.1 Å². The van der Waals surface area contributed by atoms with Crippen molar-refractivity contribution >= 4 is 34.2 Å². The van der Waals surface area contributed by atoms with Crippen molar-refractivity contribution in [3.8, 4) is 11.9 Å². The topological polar surface area (TPSA) is 77.5 Å². The Hall–Kier alpha value is -2.98. The molecule has 10 heteroatoms. The quantitative estimate of drug-likeness (QED) is 0.479. The lowest BCUT2D eigenvalue weighted by Crippen LogP contribution is -2.14. The van der Waals surface area contributed by atoms with Gasteiger partial charge in [-0.3, -0.25) is 0 Å². The van der Waals surface area contributed by atoms with Gasteiger partial charge in [0.15, 0.2) is 5.82 Å². The molecule has 0 unspecified atom stereocenters. The molecule has 0 spiro atoms. The van der Waals surface area contributed by atoms with Gasteiger partial charge in [-0.05, 0) is 51.3 Å². The number of hydrogen-bond acceptors (Lipinski definition) is 8. The third kappa shape index (κ3) is 3.21. The molecule has 1 aliphatic rings. The highest BCUT2D eigenvalue weighted by atomic mass is 32.2. The number of thiophene rings is 1. The smallest absolute Gasteiger partial charge is 0.256 e. The van der Waals surface area contributed by atoms with E-state index in [0.29, 0.717) is 17.7 Å². The van der Waals surface area contributed by atoms with Crippen LogP contribution in [0.5, 0.6) is 0 Å². The van der Waals surface area contributed by atoms with Gasteiger partial charge in [-0.15, -0.1) is 11.3 Å². The van der Waals surface area contributed by atoms with Crippen LogP contribution in [0.15, 0.2) is 33.5 Å². The molecule has 0 atom stereocenters. The highest BCUT2D eigenvalue weighted by molar-refractivity contribution is 8.04. The van der Waals surface area contributed by atoms with Crippen LogP contribution in [-0.2, 0) is 0 Å². The van der Waals surface area contributed by atoms with E-state index in [1.165, 1.54) is 9.90 Å². The maximum absolute atomic E-state index is 4.71. The summed E-state index contributed by atoms with van der Waals surface area (Å²) in [7, 11) is 2.06. The van der Waals surface area contributed by atoms with E-state index in [4.69, 9.17) is 9.97 Å². The summed E-state index contributed by atoms with van der Waals surface area (Å²) >= 11 is 3.44. The Balaban J connectivity index is 1.65. The minimum absolute atomic E-state index is 0.477. The van der Waals surface area contributed by atoms with Gasteiger partial charge in [0.25, 0.3) is 11.9 Å². The summed E-state index contributed by atoms with van der Waals surface area (Å²) in [5.41, 5.74) is 3.75. The highest BCUT2D eigenvalue weighted by Gasteiger charge is 2.24. The van der Waals surface area contributed by atoms with Gasteiger partial charge < -0.3 is 4.90 Å². The van der Waals surface area contributed by atoms with Crippen molar-refractivity contribution < 1.29 is 0 Å². The number of nitrogens with zero attached hydrogens (tertiary/aromatic N) is 8. The summed E-state index contributed by atoms with van der Waals surface area (Å²) in [6.45, 7) is 7.89. The molecule has 30 heavy (non-hydrogen) atoms.